The van der Waals surface area contributed by atoms with Gasteiger partial charge in [0.05, 0.1) is 0 Å². The fraction of sp³-hybridized carbons (Fsp3) is 1.00. The quantitative estimate of drug-likeness (QED) is 0.761. The normalized spacial score (nSPS) is 29.6. The molecule has 1 atom stereocenters. The molecule has 3 nitrogen and oxygen atoms in total. The molecule has 1 aliphatic carbocycles. The summed E-state index contributed by atoms with van der Waals surface area (Å²) in [5.41, 5.74) is 6.44. The molecule has 0 aromatic rings. The Labute approximate surface area is 100.0 Å². The zero-order chi connectivity index (χ0) is 11.6. The second-order valence-electron chi connectivity index (χ2n) is 6.15. The molecule has 2 rings (SSSR count). The van der Waals surface area contributed by atoms with E-state index in [1.807, 2.05) is 0 Å². The minimum atomic E-state index is 0.195. The van der Waals surface area contributed by atoms with Gasteiger partial charge < -0.3 is 15.5 Å². The molecular formula is C13H27N3. The highest BCUT2D eigenvalue weighted by molar-refractivity contribution is 4.93. The Morgan fingerprint density at radius 1 is 1.44 bits per heavy atom. The molecule has 2 fully saturated rings. The van der Waals surface area contributed by atoms with Gasteiger partial charge in [0.25, 0.3) is 0 Å². The summed E-state index contributed by atoms with van der Waals surface area (Å²) in [5, 5.41) is 0. The molecule has 0 spiro atoms. The smallest absolute Gasteiger partial charge is 0.0166 e. The van der Waals surface area contributed by atoms with Gasteiger partial charge in [-0.1, -0.05) is 0 Å². The number of nitrogens with zero attached hydrogens (tertiary/aromatic N) is 2. The van der Waals surface area contributed by atoms with E-state index >= 15 is 0 Å². The highest BCUT2D eigenvalue weighted by atomic mass is 15.1. The topological polar surface area (TPSA) is 32.5 Å². The molecular weight excluding hydrogens is 198 g/mol. The van der Waals surface area contributed by atoms with E-state index in [9.17, 15) is 0 Å². The van der Waals surface area contributed by atoms with Gasteiger partial charge in [-0.25, -0.2) is 0 Å². The van der Waals surface area contributed by atoms with Gasteiger partial charge in [-0.05, 0) is 65.2 Å². The third-order valence-electron chi connectivity index (χ3n) is 4.40. The fourth-order valence-electron chi connectivity index (χ4n) is 3.00. The monoisotopic (exact) mass is 225 g/mol. The van der Waals surface area contributed by atoms with Crippen LogP contribution in [0.3, 0.4) is 0 Å². The average molecular weight is 225 g/mol. The Balaban J connectivity index is 1.62. The molecule has 2 N–H and O–H groups in total. The van der Waals surface area contributed by atoms with Gasteiger partial charge in [0, 0.05) is 18.6 Å². The lowest BCUT2D eigenvalue weighted by molar-refractivity contribution is 0.185. The summed E-state index contributed by atoms with van der Waals surface area (Å²) in [7, 11) is 4.48. The molecule has 0 amide bonds. The van der Waals surface area contributed by atoms with Crippen LogP contribution in [0.5, 0.6) is 0 Å². The van der Waals surface area contributed by atoms with E-state index in [2.05, 4.69) is 23.9 Å². The maximum absolute atomic E-state index is 6.25. The Bertz CT molecular complexity index is 225. The van der Waals surface area contributed by atoms with E-state index in [4.69, 9.17) is 5.73 Å². The van der Waals surface area contributed by atoms with E-state index in [-0.39, 0.29) is 5.54 Å². The summed E-state index contributed by atoms with van der Waals surface area (Å²) < 4.78 is 0. The van der Waals surface area contributed by atoms with Crippen LogP contribution >= 0.6 is 0 Å². The van der Waals surface area contributed by atoms with E-state index in [1.165, 1.54) is 58.3 Å². The molecule has 3 heteroatoms. The van der Waals surface area contributed by atoms with Crippen molar-refractivity contribution in [3.63, 3.8) is 0 Å². The van der Waals surface area contributed by atoms with Gasteiger partial charge in [-0.2, -0.15) is 0 Å². The molecule has 1 aliphatic heterocycles. The lowest BCUT2D eigenvalue weighted by Crippen LogP contribution is -2.48. The first-order chi connectivity index (χ1) is 7.57. The summed E-state index contributed by atoms with van der Waals surface area (Å²) >= 11 is 0. The van der Waals surface area contributed by atoms with Crippen molar-refractivity contribution in [2.75, 3.05) is 40.3 Å². The summed E-state index contributed by atoms with van der Waals surface area (Å²) in [6.45, 7) is 4.98. The molecule has 0 bridgehead atoms. The number of nitrogens with two attached hydrogens (primary N) is 1. The van der Waals surface area contributed by atoms with Crippen LogP contribution in [-0.2, 0) is 0 Å². The first kappa shape index (κ1) is 12.3. The predicted octanol–water partition coefficient (Wildman–Crippen LogP) is 1.14. The molecule has 0 radical (unpaired) electrons. The highest BCUT2D eigenvalue weighted by Crippen LogP contribution is 2.32. The van der Waals surface area contributed by atoms with Gasteiger partial charge >= 0.3 is 0 Å². The van der Waals surface area contributed by atoms with Crippen LogP contribution in [0.4, 0.5) is 0 Å². The fourth-order valence-corrected chi connectivity index (χ4v) is 3.00. The van der Waals surface area contributed by atoms with Crippen LogP contribution in [-0.4, -0.2) is 55.6 Å². The van der Waals surface area contributed by atoms with Crippen molar-refractivity contribution in [1.29, 1.82) is 0 Å². The van der Waals surface area contributed by atoms with E-state index < -0.39 is 0 Å². The molecule has 2 aliphatic rings. The van der Waals surface area contributed by atoms with Crippen LogP contribution in [0.2, 0.25) is 0 Å². The number of hydrogen-bond acceptors (Lipinski definition) is 3. The second-order valence-corrected chi connectivity index (χ2v) is 6.15. The molecule has 1 unspecified atom stereocenters. The van der Waals surface area contributed by atoms with Gasteiger partial charge in [0.15, 0.2) is 0 Å². The Morgan fingerprint density at radius 3 is 2.69 bits per heavy atom. The minimum Gasteiger partial charge on any atom is -0.325 e. The number of likely N-dealkylation sites (tertiary alicyclic amines) is 1. The maximum atomic E-state index is 6.25. The summed E-state index contributed by atoms with van der Waals surface area (Å²) in [6, 6.07) is 0. The van der Waals surface area contributed by atoms with Crippen molar-refractivity contribution in [1.82, 2.24) is 9.80 Å². The van der Waals surface area contributed by atoms with E-state index in [0.717, 1.165) is 5.92 Å². The van der Waals surface area contributed by atoms with Gasteiger partial charge in [0.2, 0.25) is 0 Å². The van der Waals surface area contributed by atoms with Crippen LogP contribution in [0, 0.1) is 5.92 Å². The summed E-state index contributed by atoms with van der Waals surface area (Å²) in [5.74, 6) is 0.880. The zero-order valence-corrected chi connectivity index (χ0v) is 10.9. The first-order valence-electron chi connectivity index (χ1n) is 6.73. The standard InChI is InChI=1S/C13H27N3/c1-15-8-4-12(10-15)11-16(2)9-7-13(14)5-3-6-13/h12H,3-11,14H2,1-2H3. The van der Waals surface area contributed by atoms with Gasteiger partial charge in [0.1, 0.15) is 0 Å². The van der Waals surface area contributed by atoms with E-state index in [1.54, 1.807) is 0 Å². The SMILES string of the molecule is CN1CCC(CN(C)CCC2(N)CCC2)C1. The highest BCUT2D eigenvalue weighted by Gasteiger charge is 2.32. The van der Waals surface area contributed by atoms with Crippen molar-refractivity contribution in [3.8, 4) is 0 Å². The second kappa shape index (κ2) is 5.03. The lowest BCUT2D eigenvalue weighted by Gasteiger charge is -2.39. The Kier molecular flexibility index (Phi) is 3.88. The maximum Gasteiger partial charge on any atom is 0.0166 e. The first-order valence-corrected chi connectivity index (χ1v) is 6.73. The minimum absolute atomic E-state index is 0.195. The average Bonchev–Trinajstić information content (AvgIpc) is 2.58. The summed E-state index contributed by atoms with van der Waals surface area (Å²) in [4.78, 5) is 4.92. The largest absolute Gasteiger partial charge is 0.325 e. The molecule has 1 heterocycles. The van der Waals surface area contributed by atoms with Crippen LogP contribution in [0.1, 0.15) is 32.1 Å². The Hall–Kier alpha value is -0.120. The number of hydrogen-bond donors (Lipinski definition) is 1. The zero-order valence-electron chi connectivity index (χ0n) is 10.9. The molecule has 0 aromatic heterocycles. The van der Waals surface area contributed by atoms with Crippen molar-refractivity contribution >= 4 is 0 Å². The van der Waals surface area contributed by atoms with Crippen molar-refractivity contribution in [2.45, 2.75) is 37.6 Å². The molecule has 94 valence electrons. The predicted molar refractivity (Wildman–Crippen MR) is 68.5 cm³/mol. The molecule has 1 saturated carbocycles. The Morgan fingerprint density at radius 2 is 2.19 bits per heavy atom. The van der Waals surface area contributed by atoms with Crippen LogP contribution in [0.25, 0.3) is 0 Å². The van der Waals surface area contributed by atoms with Gasteiger partial charge in [-0.3, -0.25) is 0 Å². The number of rotatable bonds is 5. The summed E-state index contributed by atoms with van der Waals surface area (Å²) in [6.07, 6.45) is 6.38. The molecule has 0 aromatic carbocycles. The van der Waals surface area contributed by atoms with Crippen molar-refractivity contribution in [2.24, 2.45) is 11.7 Å². The molecule has 1 saturated heterocycles. The third-order valence-corrected chi connectivity index (χ3v) is 4.40. The third kappa shape index (κ3) is 3.19. The van der Waals surface area contributed by atoms with Crippen molar-refractivity contribution < 1.29 is 0 Å². The van der Waals surface area contributed by atoms with E-state index in [0.29, 0.717) is 0 Å². The van der Waals surface area contributed by atoms with Gasteiger partial charge in [-0.15, -0.1) is 0 Å². The van der Waals surface area contributed by atoms with Crippen LogP contribution < -0.4 is 5.73 Å². The van der Waals surface area contributed by atoms with Crippen LogP contribution in [0.15, 0.2) is 0 Å². The molecule has 16 heavy (non-hydrogen) atoms. The lowest BCUT2D eigenvalue weighted by atomic mass is 9.75. The van der Waals surface area contributed by atoms with Crippen molar-refractivity contribution in [3.05, 3.63) is 0 Å².